The Morgan fingerprint density at radius 1 is 1.32 bits per heavy atom. The average Bonchev–Trinajstić information content (AvgIpc) is 2.83. The van der Waals surface area contributed by atoms with Gasteiger partial charge in [-0.25, -0.2) is 0 Å². The Morgan fingerprint density at radius 2 is 2.00 bits per heavy atom. The standard InChI is InChI=1S/C13H22N4O2/c1-4-5-10-8-11(17-16-10)13(19)15-7-6-14-12(18)9(2)3/h8-9H,4-7H2,1-3H3,(H,14,18)(H,15,19)(H,16,17). The fraction of sp³-hybridized carbons (Fsp3) is 0.615. The van der Waals surface area contributed by atoms with Gasteiger partial charge in [-0.2, -0.15) is 5.10 Å². The van der Waals surface area contributed by atoms with Crippen LogP contribution in [0.15, 0.2) is 6.07 Å². The third kappa shape index (κ3) is 5.11. The average molecular weight is 266 g/mol. The molecule has 0 atom stereocenters. The fourth-order valence-corrected chi connectivity index (χ4v) is 1.53. The van der Waals surface area contributed by atoms with Gasteiger partial charge in [-0.3, -0.25) is 14.7 Å². The Labute approximate surface area is 113 Å². The van der Waals surface area contributed by atoms with Crippen molar-refractivity contribution in [1.82, 2.24) is 20.8 Å². The molecule has 0 saturated heterocycles. The molecule has 6 heteroatoms. The number of nitrogens with zero attached hydrogens (tertiary/aromatic N) is 1. The maximum atomic E-state index is 11.7. The molecular weight excluding hydrogens is 244 g/mol. The highest BCUT2D eigenvalue weighted by Gasteiger charge is 2.10. The lowest BCUT2D eigenvalue weighted by atomic mass is 10.2. The van der Waals surface area contributed by atoms with Crippen LogP contribution in [0.4, 0.5) is 0 Å². The largest absolute Gasteiger partial charge is 0.354 e. The van der Waals surface area contributed by atoms with Gasteiger partial charge < -0.3 is 10.6 Å². The SMILES string of the molecule is CCCc1cc(C(=O)NCCNC(=O)C(C)C)n[nH]1. The first-order chi connectivity index (χ1) is 9.04. The van der Waals surface area contributed by atoms with Crippen LogP contribution in [0.3, 0.4) is 0 Å². The molecule has 2 amide bonds. The second-order valence-corrected chi connectivity index (χ2v) is 4.73. The molecule has 0 spiro atoms. The van der Waals surface area contributed by atoms with Crippen molar-refractivity contribution in [2.75, 3.05) is 13.1 Å². The molecule has 0 saturated carbocycles. The third-order valence-corrected chi connectivity index (χ3v) is 2.62. The molecule has 6 nitrogen and oxygen atoms in total. The van der Waals surface area contributed by atoms with Crippen LogP contribution in [-0.2, 0) is 11.2 Å². The van der Waals surface area contributed by atoms with Crippen LogP contribution in [0.25, 0.3) is 0 Å². The number of H-pyrrole nitrogens is 1. The van der Waals surface area contributed by atoms with Gasteiger partial charge in [-0.1, -0.05) is 27.2 Å². The van der Waals surface area contributed by atoms with E-state index < -0.39 is 0 Å². The Kier molecular flexibility index (Phi) is 6.05. The Hall–Kier alpha value is -1.85. The third-order valence-electron chi connectivity index (χ3n) is 2.62. The van der Waals surface area contributed by atoms with Gasteiger partial charge in [0.15, 0.2) is 0 Å². The van der Waals surface area contributed by atoms with Crippen LogP contribution in [0.5, 0.6) is 0 Å². The summed E-state index contributed by atoms with van der Waals surface area (Å²) in [6.07, 6.45) is 1.88. The van der Waals surface area contributed by atoms with Crippen LogP contribution in [0.2, 0.25) is 0 Å². The van der Waals surface area contributed by atoms with E-state index in [1.54, 1.807) is 6.07 Å². The normalized spacial score (nSPS) is 10.5. The Bertz CT molecular complexity index is 426. The number of hydrogen-bond acceptors (Lipinski definition) is 3. The van der Waals surface area contributed by atoms with Crippen molar-refractivity contribution in [3.8, 4) is 0 Å². The van der Waals surface area contributed by atoms with Gasteiger partial charge in [0.25, 0.3) is 5.91 Å². The maximum absolute atomic E-state index is 11.7. The van der Waals surface area contributed by atoms with Crippen LogP contribution in [0, 0.1) is 5.92 Å². The van der Waals surface area contributed by atoms with Crippen molar-refractivity contribution >= 4 is 11.8 Å². The molecule has 0 unspecified atom stereocenters. The van der Waals surface area contributed by atoms with Gasteiger partial charge in [0.1, 0.15) is 5.69 Å². The van der Waals surface area contributed by atoms with E-state index in [0.717, 1.165) is 18.5 Å². The lowest BCUT2D eigenvalue weighted by Gasteiger charge is -2.07. The molecule has 0 aliphatic rings. The van der Waals surface area contributed by atoms with Gasteiger partial charge in [0.2, 0.25) is 5.91 Å². The number of aryl methyl sites for hydroxylation is 1. The number of hydrogen-bond donors (Lipinski definition) is 3. The highest BCUT2D eigenvalue weighted by atomic mass is 16.2. The van der Waals surface area contributed by atoms with Crippen molar-refractivity contribution in [2.45, 2.75) is 33.6 Å². The zero-order valence-corrected chi connectivity index (χ0v) is 11.7. The first-order valence-electron chi connectivity index (χ1n) is 6.64. The molecular formula is C13H22N4O2. The first-order valence-corrected chi connectivity index (χ1v) is 6.64. The maximum Gasteiger partial charge on any atom is 0.271 e. The summed E-state index contributed by atoms with van der Waals surface area (Å²) in [6.45, 7) is 6.54. The second-order valence-electron chi connectivity index (χ2n) is 4.73. The van der Waals surface area contributed by atoms with Crippen molar-refractivity contribution in [3.05, 3.63) is 17.5 Å². The molecule has 1 rings (SSSR count). The van der Waals surface area contributed by atoms with Crippen LogP contribution < -0.4 is 10.6 Å². The molecule has 0 fully saturated rings. The zero-order chi connectivity index (χ0) is 14.3. The Balaban J connectivity index is 2.29. The van der Waals surface area contributed by atoms with E-state index in [1.165, 1.54) is 0 Å². The van der Waals surface area contributed by atoms with Crippen LogP contribution >= 0.6 is 0 Å². The molecule has 1 aromatic heterocycles. The van der Waals surface area contributed by atoms with E-state index in [-0.39, 0.29) is 17.7 Å². The molecule has 19 heavy (non-hydrogen) atoms. The van der Waals surface area contributed by atoms with Gasteiger partial charge in [-0.05, 0) is 12.5 Å². The molecule has 1 heterocycles. The predicted octanol–water partition coefficient (Wildman–Crippen LogP) is 0.864. The molecule has 1 aromatic rings. The van der Waals surface area contributed by atoms with E-state index in [2.05, 4.69) is 27.8 Å². The Morgan fingerprint density at radius 3 is 2.63 bits per heavy atom. The highest BCUT2D eigenvalue weighted by Crippen LogP contribution is 2.02. The number of amides is 2. The van der Waals surface area contributed by atoms with E-state index in [4.69, 9.17) is 0 Å². The molecule has 3 N–H and O–H groups in total. The van der Waals surface area contributed by atoms with Crippen LogP contribution in [0.1, 0.15) is 43.4 Å². The molecule has 0 aliphatic heterocycles. The molecule has 106 valence electrons. The zero-order valence-electron chi connectivity index (χ0n) is 11.7. The second kappa shape index (κ2) is 7.56. The summed E-state index contributed by atoms with van der Waals surface area (Å²) in [5.41, 5.74) is 1.35. The van der Waals surface area contributed by atoms with Crippen molar-refractivity contribution in [3.63, 3.8) is 0 Å². The molecule has 0 aromatic carbocycles. The summed E-state index contributed by atoms with van der Waals surface area (Å²) >= 11 is 0. The van der Waals surface area contributed by atoms with Gasteiger partial charge >= 0.3 is 0 Å². The fourth-order valence-electron chi connectivity index (χ4n) is 1.53. The van der Waals surface area contributed by atoms with Crippen molar-refractivity contribution < 1.29 is 9.59 Å². The van der Waals surface area contributed by atoms with Crippen molar-refractivity contribution in [2.24, 2.45) is 5.92 Å². The topological polar surface area (TPSA) is 86.9 Å². The molecule has 0 bridgehead atoms. The lowest BCUT2D eigenvalue weighted by Crippen LogP contribution is -2.36. The summed E-state index contributed by atoms with van der Waals surface area (Å²) in [5, 5.41) is 12.2. The minimum atomic E-state index is -0.225. The van der Waals surface area contributed by atoms with E-state index in [0.29, 0.717) is 18.8 Å². The first kappa shape index (κ1) is 15.2. The highest BCUT2D eigenvalue weighted by molar-refractivity contribution is 5.92. The van der Waals surface area contributed by atoms with Crippen molar-refractivity contribution in [1.29, 1.82) is 0 Å². The minimum Gasteiger partial charge on any atom is -0.354 e. The summed E-state index contributed by atoms with van der Waals surface area (Å²) < 4.78 is 0. The summed E-state index contributed by atoms with van der Waals surface area (Å²) in [4.78, 5) is 23.0. The number of carbonyl (C=O) groups is 2. The van der Waals surface area contributed by atoms with Gasteiger partial charge in [0.05, 0.1) is 0 Å². The monoisotopic (exact) mass is 266 g/mol. The summed E-state index contributed by atoms with van der Waals surface area (Å²) in [5.74, 6) is -0.282. The quantitative estimate of drug-likeness (QED) is 0.640. The van der Waals surface area contributed by atoms with Gasteiger partial charge in [0, 0.05) is 24.7 Å². The predicted molar refractivity (Wildman–Crippen MR) is 72.8 cm³/mol. The van der Waals surface area contributed by atoms with Gasteiger partial charge in [-0.15, -0.1) is 0 Å². The number of rotatable bonds is 7. The number of aromatic amines is 1. The van der Waals surface area contributed by atoms with E-state index in [9.17, 15) is 9.59 Å². The number of carbonyl (C=O) groups excluding carboxylic acids is 2. The summed E-state index contributed by atoms with van der Waals surface area (Å²) in [6, 6.07) is 1.76. The number of aromatic nitrogens is 2. The number of nitrogens with one attached hydrogen (secondary N) is 3. The van der Waals surface area contributed by atoms with Crippen LogP contribution in [-0.4, -0.2) is 35.1 Å². The summed E-state index contributed by atoms with van der Waals surface area (Å²) in [7, 11) is 0. The van der Waals surface area contributed by atoms with E-state index >= 15 is 0 Å². The molecule has 0 radical (unpaired) electrons. The lowest BCUT2D eigenvalue weighted by molar-refractivity contribution is -0.123. The minimum absolute atomic E-state index is 0.0146. The van der Waals surface area contributed by atoms with E-state index in [1.807, 2.05) is 13.8 Å². The molecule has 0 aliphatic carbocycles. The smallest absolute Gasteiger partial charge is 0.271 e.